The van der Waals surface area contributed by atoms with E-state index in [0.717, 1.165) is 89.9 Å². The molecule has 0 aromatic carbocycles. The van der Waals surface area contributed by atoms with Crippen molar-refractivity contribution in [1.82, 2.24) is 5.32 Å². The molecule has 0 spiro atoms. The van der Waals surface area contributed by atoms with Crippen LogP contribution in [0.4, 0.5) is 0 Å². The first-order chi connectivity index (χ1) is 35.5. The molecular formula is C64H118N2O6P+. The number of rotatable bonds is 55. The maximum absolute atomic E-state index is 13.0. The molecule has 0 fully saturated rings. The third-order valence-electron chi connectivity index (χ3n) is 13.4. The molecule has 0 aliphatic carbocycles. The van der Waals surface area contributed by atoms with E-state index in [1.807, 2.05) is 27.2 Å². The molecule has 3 unspecified atom stereocenters. The quantitative estimate of drug-likeness (QED) is 0.0243. The molecular weight excluding hydrogens is 924 g/mol. The number of hydrogen-bond donors (Lipinski definition) is 3. The standard InChI is InChI=1S/C64H117N2O6P/c1-6-8-10-12-14-16-18-20-22-24-26-28-30-32-34-35-37-39-41-43-45-47-49-51-53-55-57-63(67)62(61-72-73(69,70)71-60-59-66(3,4)5)65-64(68)58-56-54-52-50-48-46-44-42-40-38-36-33-31-29-27-25-23-21-19-17-15-13-11-9-7-2/h9,11,15,17,21,23,27,29,33,36,40,42,55,57,62-63,67H,6-8,10,12-14,16,18-20,22,24-26,28,30-32,34-35,37-39,41,43-54,56,58-61H2,1-5H3,(H-,65,68,69,70)/p+1/b11-9-,17-15-,23-21-,29-27-,36-33-,42-40-,57-55+. The van der Waals surface area contributed by atoms with E-state index in [9.17, 15) is 19.4 Å². The molecule has 9 heteroatoms. The normalized spacial score (nSPS) is 14.5. The summed E-state index contributed by atoms with van der Waals surface area (Å²) in [6, 6.07) is -0.862. The Kier molecular flexibility index (Phi) is 52.7. The Hall–Kier alpha value is -2.32. The maximum Gasteiger partial charge on any atom is 0.472 e. The van der Waals surface area contributed by atoms with Crippen LogP contribution in [0.25, 0.3) is 0 Å². The zero-order chi connectivity index (χ0) is 53.5. The number of unbranched alkanes of at least 4 members (excludes halogenated alkanes) is 30. The fourth-order valence-corrected chi connectivity index (χ4v) is 9.37. The first-order valence-electron chi connectivity index (χ1n) is 30.5. The van der Waals surface area contributed by atoms with Crippen molar-refractivity contribution in [3.8, 4) is 0 Å². The minimum Gasteiger partial charge on any atom is -0.387 e. The van der Waals surface area contributed by atoms with Gasteiger partial charge in [-0.15, -0.1) is 0 Å². The van der Waals surface area contributed by atoms with Gasteiger partial charge in [0.2, 0.25) is 5.91 Å². The summed E-state index contributed by atoms with van der Waals surface area (Å²) < 4.78 is 23.7. The number of phosphoric ester groups is 1. The van der Waals surface area contributed by atoms with E-state index >= 15 is 0 Å². The number of carbonyl (C=O) groups is 1. The number of hydrogen-bond acceptors (Lipinski definition) is 5. The predicted octanol–water partition coefficient (Wildman–Crippen LogP) is 18.8. The van der Waals surface area contributed by atoms with E-state index in [2.05, 4.69) is 92.1 Å². The number of likely N-dealkylation sites (N-methyl/N-ethyl adjacent to an activating group) is 1. The number of carbonyl (C=O) groups excluding carboxylic acids is 1. The number of allylic oxidation sites excluding steroid dienone is 13. The molecule has 0 radical (unpaired) electrons. The summed E-state index contributed by atoms with van der Waals surface area (Å²) in [7, 11) is 1.56. The maximum atomic E-state index is 13.0. The van der Waals surface area contributed by atoms with Crippen molar-refractivity contribution in [2.75, 3.05) is 40.9 Å². The highest BCUT2D eigenvalue weighted by Crippen LogP contribution is 2.43. The van der Waals surface area contributed by atoms with Crippen LogP contribution in [-0.4, -0.2) is 73.4 Å². The highest BCUT2D eigenvalue weighted by Gasteiger charge is 2.27. The van der Waals surface area contributed by atoms with Crippen LogP contribution < -0.4 is 5.32 Å². The summed E-state index contributed by atoms with van der Waals surface area (Å²) in [4.78, 5) is 23.3. The predicted molar refractivity (Wildman–Crippen MR) is 318 cm³/mol. The van der Waals surface area contributed by atoms with E-state index in [-0.39, 0.29) is 19.1 Å². The largest absolute Gasteiger partial charge is 0.472 e. The Morgan fingerprint density at radius 2 is 0.822 bits per heavy atom. The Bertz CT molecular complexity index is 1460. The zero-order valence-corrected chi connectivity index (χ0v) is 49.3. The minimum absolute atomic E-state index is 0.0544. The summed E-state index contributed by atoms with van der Waals surface area (Å²) in [5.74, 6) is -0.192. The van der Waals surface area contributed by atoms with Gasteiger partial charge in [-0.1, -0.05) is 272 Å². The zero-order valence-electron chi connectivity index (χ0n) is 48.4. The second kappa shape index (κ2) is 54.5. The molecule has 0 aromatic rings. The Balaban J connectivity index is 4.24. The van der Waals surface area contributed by atoms with Crippen LogP contribution in [-0.2, 0) is 18.4 Å². The smallest absolute Gasteiger partial charge is 0.387 e. The van der Waals surface area contributed by atoms with Gasteiger partial charge in [-0.05, 0) is 70.6 Å². The molecule has 1 amide bonds. The van der Waals surface area contributed by atoms with Crippen molar-refractivity contribution in [2.45, 2.75) is 276 Å². The van der Waals surface area contributed by atoms with Gasteiger partial charge in [0.1, 0.15) is 13.2 Å². The van der Waals surface area contributed by atoms with E-state index in [0.29, 0.717) is 17.4 Å². The van der Waals surface area contributed by atoms with Gasteiger partial charge >= 0.3 is 7.82 Å². The number of nitrogens with one attached hydrogen (secondary N) is 1. The Morgan fingerprint density at radius 1 is 0.479 bits per heavy atom. The molecule has 424 valence electrons. The lowest BCUT2D eigenvalue weighted by atomic mass is 10.0. The lowest BCUT2D eigenvalue weighted by Gasteiger charge is -2.25. The van der Waals surface area contributed by atoms with Crippen molar-refractivity contribution in [3.63, 3.8) is 0 Å². The van der Waals surface area contributed by atoms with Gasteiger partial charge in [-0.3, -0.25) is 13.8 Å². The third-order valence-corrected chi connectivity index (χ3v) is 14.4. The molecule has 0 aliphatic heterocycles. The van der Waals surface area contributed by atoms with Crippen molar-refractivity contribution >= 4 is 13.7 Å². The van der Waals surface area contributed by atoms with E-state index in [4.69, 9.17) is 9.05 Å². The second-order valence-corrected chi connectivity index (χ2v) is 23.2. The fourth-order valence-electron chi connectivity index (χ4n) is 8.64. The number of aliphatic hydroxyl groups excluding tert-OH is 1. The van der Waals surface area contributed by atoms with Crippen LogP contribution in [0, 0.1) is 0 Å². The van der Waals surface area contributed by atoms with Crippen molar-refractivity contribution in [1.29, 1.82) is 0 Å². The van der Waals surface area contributed by atoms with Gasteiger partial charge in [0.25, 0.3) is 0 Å². The Labute approximate surface area is 452 Å². The minimum atomic E-state index is -4.36. The lowest BCUT2D eigenvalue weighted by molar-refractivity contribution is -0.870. The third kappa shape index (κ3) is 57.2. The van der Waals surface area contributed by atoms with Crippen molar-refractivity contribution < 1.29 is 32.9 Å². The molecule has 0 saturated heterocycles. The highest BCUT2D eigenvalue weighted by molar-refractivity contribution is 7.47. The van der Waals surface area contributed by atoms with Crippen molar-refractivity contribution in [2.24, 2.45) is 0 Å². The summed E-state index contributed by atoms with van der Waals surface area (Å²) in [6.45, 7) is 4.71. The molecule has 0 aromatic heterocycles. The van der Waals surface area contributed by atoms with Crippen LogP contribution >= 0.6 is 7.82 Å². The van der Waals surface area contributed by atoms with Crippen LogP contribution in [0.15, 0.2) is 85.1 Å². The average molecular weight is 1040 g/mol. The molecule has 0 saturated carbocycles. The molecule has 0 aliphatic rings. The number of nitrogens with zero attached hydrogens (tertiary/aromatic N) is 1. The number of quaternary nitrogens is 1. The van der Waals surface area contributed by atoms with Gasteiger partial charge in [-0.2, -0.15) is 0 Å². The number of amides is 1. The fraction of sp³-hybridized carbons (Fsp3) is 0.766. The summed E-state index contributed by atoms with van der Waals surface area (Å²) in [5, 5.41) is 14.0. The van der Waals surface area contributed by atoms with Crippen molar-refractivity contribution in [3.05, 3.63) is 85.1 Å². The molecule has 0 bridgehead atoms. The number of phosphoric acid groups is 1. The molecule has 0 rings (SSSR count). The topological polar surface area (TPSA) is 105 Å². The molecule has 0 heterocycles. The van der Waals surface area contributed by atoms with Gasteiger partial charge in [0.05, 0.1) is 39.9 Å². The van der Waals surface area contributed by atoms with Gasteiger partial charge < -0.3 is 19.8 Å². The van der Waals surface area contributed by atoms with Crippen LogP contribution in [0.2, 0.25) is 0 Å². The second-order valence-electron chi connectivity index (χ2n) is 21.7. The van der Waals surface area contributed by atoms with Crippen LogP contribution in [0.3, 0.4) is 0 Å². The SMILES string of the molecule is CC/C=C\C/C=C\C/C=C\C/C=C\C/C=C\C/C=C\CCCCCCCCC(=O)NC(COP(=O)(O)OCC[N+](C)(C)C)C(O)/C=C/CCCCCCCCCCCCCCCCCCCCCCCCCC. The van der Waals surface area contributed by atoms with Gasteiger partial charge in [-0.25, -0.2) is 4.57 Å². The molecule has 8 nitrogen and oxygen atoms in total. The number of aliphatic hydroxyl groups is 1. The monoisotopic (exact) mass is 1040 g/mol. The first-order valence-corrected chi connectivity index (χ1v) is 32.0. The lowest BCUT2D eigenvalue weighted by Crippen LogP contribution is -2.45. The first kappa shape index (κ1) is 70.7. The molecule has 3 atom stereocenters. The molecule has 73 heavy (non-hydrogen) atoms. The Morgan fingerprint density at radius 3 is 1.21 bits per heavy atom. The highest BCUT2D eigenvalue weighted by atomic mass is 31.2. The average Bonchev–Trinajstić information content (AvgIpc) is 3.35. The summed E-state index contributed by atoms with van der Waals surface area (Å²) in [6.07, 6.45) is 76.9. The van der Waals surface area contributed by atoms with E-state index in [1.165, 1.54) is 154 Å². The summed E-state index contributed by atoms with van der Waals surface area (Å²) in [5.41, 5.74) is 0. The van der Waals surface area contributed by atoms with Gasteiger partial charge in [0, 0.05) is 6.42 Å². The van der Waals surface area contributed by atoms with Crippen LogP contribution in [0.1, 0.15) is 264 Å². The summed E-state index contributed by atoms with van der Waals surface area (Å²) >= 11 is 0. The van der Waals surface area contributed by atoms with Gasteiger partial charge in [0.15, 0.2) is 0 Å². The van der Waals surface area contributed by atoms with Crippen LogP contribution in [0.5, 0.6) is 0 Å². The van der Waals surface area contributed by atoms with E-state index < -0.39 is 20.0 Å². The van der Waals surface area contributed by atoms with E-state index in [1.54, 1.807) is 6.08 Å². The molecule has 3 N–H and O–H groups in total.